The molecular formula is C7H13N. The van der Waals surface area contributed by atoms with Crippen molar-refractivity contribution in [1.82, 2.24) is 5.32 Å². The maximum atomic E-state index is 3.58. The van der Waals surface area contributed by atoms with E-state index in [4.69, 9.17) is 0 Å². The third kappa shape index (κ3) is 0.510. The highest BCUT2D eigenvalue weighted by Crippen LogP contribution is 2.32. The lowest BCUT2D eigenvalue weighted by Gasteiger charge is -2.13. The van der Waals surface area contributed by atoms with Gasteiger partial charge in [-0.1, -0.05) is 6.92 Å². The molecule has 0 saturated carbocycles. The van der Waals surface area contributed by atoms with Crippen molar-refractivity contribution in [3.05, 3.63) is 0 Å². The molecule has 0 radical (unpaired) electrons. The van der Waals surface area contributed by atoms with E-state index in [0.29, 0.717) is 0 Å². The van der Waals surface area contributed by atoms with Gasteiger partial charge in [-0.05, 0) is 25.2 Å². The summed E-state index contributed by atoms with van der Waals surface area (Å²) in [6.07, 6.45) is 4.31. The van der Waals surface area contributed by atoms with E-state index >= 15 is 0 Å². The molecule has 1 N–H and O–H groups in total. The zero-order valence-corrected chi connectivity index (χ0v) is 5.35. The first-order valence-corrected chi connectivity index (χ1v) is 3.62. The Morgan fingerprint density at radius 2 is 2.25 bits per heavy atom. The minimum atomic E-state index is 0.889. The van der Waals surface area contributed by atoms with Crippen LogP contribution in [0.1, 0.15) is 26.2 Å². The van der Waals surface area contributed by atoms with Crippen LogP contribution in [0.25, 0.3) is 0 Å². The van der Waals surface area contributed by atoms with E-state index in [0.717, 1.165) is 18.0 Å². The molecule has 2 bridgehead atoms. The fourth-order valence-corrected chi connectivity index (χ4v) is 2.10. The highest BCUT2D eigenvalue weighted by atomic mass is 15.0. The molecule has 0 aromatic rings. The van der Waals surface area contributed by atoms with Gasteiger partial charge in [0, 0.05) is 12.1 Å². The molecule has 2 aliphatic heterocycles. The summed E-state index contributed by atoms with van der Waals surface area (Å²) in [5.74, 6) is 0.966. The molecule has 2 rings (SSSR count). The van der Waals surface area contributed by atoms with Crippen molar-refractivity contribution < 1.29 is 0 Å². The molecule has 0 aromatic carbocycles. The van der Waals surface area contributed by atoms with Crippen LogP contribution < -0.4 is 5.32 Å². The van der Waals surface area contributed by atoms with Gasteiger partial charge in [0.25, 0.3) is 0 Å². The highest BCUT2D eigenvalue weighted by molar-refractivity contribution is 4.95. The second-order valence-corrected chi connectivity index (χ2v) is 3.26. The first-order valence-electron chi connectivity index (χ1n) is 3.62. The Morgan fingerprint density at radius 3 is 2.50 bits per heavy atom. The smallest absolute Gasteiger partial charge is 0.00964 e. The molecule has 2 aliphatic rings. The normalized spacial score (nSPS) is 52.9. The summed E-state index contributed by atoms with van der Waals surface area (Å²) in [6, 6.07) is 1.79. The molecule has 1 heteroatoms. The fraction of sp³-hybridized carbons (Fsp3) is 1.00. The zero-order chi connectivity index (χ0) is 5.56. The van der Waals surface area contributed by atoms with Gasteiger partial charge < -0.3 is 5.32 Å². The van der Waals surface area contributed by atoms with Crippen molar-refractivity contribution in [2.24, 2.45) is 5.92 Å². The topological polar surface area (TPSA) is 12.0 Å². The molecule has 2 saturated heterocycles. The van der Waals surface area contributed by atoms with E-state index in [-0.39, 0.29) is 0 Å². The molecule has 3 atom stereocenters. The second-order valence-electron chi connectivity index (χ2n) is 3.26. The maximum Gasteiger partial charge on any atom is 0.00964 e. The molecule has 8 heavy (non-hydrogen) atoms. The minimum Gasteiger partial charge on any atom is -0.311 e. The van der Waals surface area contributed by atoms with E-state index in [9.17, 15) is 0 Å². The van der Waals surface area contributed by atoms with Crippen LogP contribution in [0.4, 0.5) is 0 Å². The number of rotatable bonds is 0. The molecule has 2 fully saturated rings. The van der Waals surface area contributed by atoms with Crippen LogP contribution in [0.2, 0.25) is 0 Å². The Balaban J connectivity index is 2.11. The summed E-state index contributed by atoms with van der Waals surface area (Å²) in [7, 11) is 0. The molecule has 46 valence electrons. The third-order valence-corrected chi connectivity index (χ3v) is 2.62. The summed E-state index contributed by atoms with van der Waals surface area (Å²) in [5.41, 5.74) is 0. The van der Waals surface area contributed by atoms with Gasteiger partial charge in [-0.25, -0.2) is 0 Å². The van der Waals surface area contributed by atoms with Crippen molar-refractivity contribution in [3.63, 3.8) is 0 Å². The highest BCUT2D eigenvalue weighted by Gasteiger charge is 2.35. The quantitative estimate of drug-likeness (QED) is 0.494. The first-order chi connectivity index (χ1) is 3.86. The average molecular weight is 111 g/mol. The fourth-order valence-electron chi connectivity index (χ4n) is 2.10. The average Bonchev–Trinajstić information content (AvgIpc) is 2.23. The van der Waals surface area contributed by atoms with Crippen molar-refractivity contribution in [2.75, 3.05) is 0 Å². The molecule has 0 spiro atoms. The van der Waals surface area contributed by atoms with Crippen LogP contribution in [0.15, 0.2) is 0 Å². The minimum absolute atomic E-state index is 0.889. The van der Waals surface area contributed by atoms with E-state index in [1.807, 2.05) is 0 Å². The molecule has 0 aliphatic carbocycles. The number of fused-ring (bicyclic) bond motifs is 2. The molecule has 0 unspecified atom stereocenters. The Kier molecular flexibility index (Phi) is 0.884. The number of hydrogen-bond acceptors (Lipinski definition) is 1. The summed E-state index contributed by atoms with van der Waals surface area (Å²) >= 11 is 0. The van der Waals surface area contributed by atoms with Gasteiger partial charge in [0.15, 0.2) is 0 Å². The Morgan fingerprint density at radius 1 is 1.38 bits per heavy atom. The molecular weight excluding hydrogens is 98.1 g/mol. The van der Waals surface area contributed by atoms with E-state index in [1.165, 1.54) is 19.3 Å². The molecule has 1 nitrogen and oxygen atoms in total. The molecule has 0 aromatic heterocycles. The van der Waals surface area contributed by atoms with E-state index in [1.54, 1.807) is 0 Å². The van der Waals surface area contributed by atoms with Crippen molar-refractivity contribution in [1.29, 1.82) is 0 Å². The van der Waals surface area contributed by atoms with Gasteiger partial charge in [-0.15, -0.1) is 0 Å². The van der Waals surface area contributed by atoms with E-state index in [2.05, 4.69) is 12.2 Å². The Bertz CT molecular complexity index is 98.6. The molecule has 2 heterocycles. The van der Waals surface area contributed by atoms with Gasteiger partial charge in [-0.2, -0.15) is 0 Å². The summed E-state index contributed by atoms with van der Waals surface area (Å²) in [4.78, 5) is 0. The van der Waals surface area contributed by atoms with E-state index < -0.39 is 0 Å². The van der Waals surface area contributed by atoms with Crippen LogP contribution in [0.3, 0.4) is 0 Å². The maximum absolute atomic E-state index is 3.58. The number of nitrogens with one attached hydrogen (secondary N) is 1. The standard InChI is InChI=1S/C7H13N/c1-5-4-6-2-3-7(5)8-6/h5-8H,2-4H2,1H3/t5-,6-,7+/m0/s1. The van der Waals surface area contributed by atoms with Crippen LogP contribution in [0, 0.1) is 5.92 Å². The number of hydrogen-bond donors (Lipinski definition) is 1. The van der Waals surface area contributed by atoms with Gasteiger partial charge in [0.2, 0.25) is 0 Å². The van der Waals surface area contributed by atoms with Crippen LogP contribution in [0.5, 0.6) is 0 Å². The lowest BCUT2D eigenvalue weighted by atomic mass is 9.91. The van der Waals surface area contributed by atoms with Gasteiger partial charge in [0.05, 0.1) is 0 Å². The lowest BCUT2D eigenvalue weighted by molar-refractivity contribution is 0.439. The summed E-state index contributed by atoms with van der Waals surface area (Å²) < 4.78 is 0. The predicted octanol–water partition coefficient (Wildman–Crippen LogP) is 1.15. The molecule has 0 amide bonds. The predicted molar refractivity (Wildman–Crippen MR) is 33.7 cm³/mol. The zero-order valence-electron chi connectivity index (χ0n) is 5.35. The lowest BCUT2D eigenvalue weighted by Crippen LogP contribution is -2.20. The van der Waals surface area contributed by atoms with Crippen molar-refractivity contribution >= 4 is 0 Å². The Labute approximate surface area is 50.5 Å². The summed E-state index contributed by atoms with van der Waals surface area (Å²) in [6.45, 7) is 2.36. The third-order valence-electron chi connectivity index (χ3n) is 2.62. The second kappa shape index (κ2) is 1.47. The van der Waals surface area contributed by atoms with Crippen molar-refractivity contribution in [2.45, 2.75) is 38.3 Å². The Hall–Kier alpha value is -0.0400. The van der Waals surface area contributed by atoms with Crippen LogP contribution >= 0.6 is 0 Å². The van der Waals surface area contributed by atoms with Gasteiger partial charge >= 0.3 is 0 Å². The van der Waals surface area contributed by atoms with Crippen molar-refractivity contribution in [3.8, 4) is 0 Å². The van der Waals surface area contributed by atoms with Gasteiger partial charge in [0.1, 0.15) is 0 Å². The monoisotopic (exact) mass is 111 g/mol. The first kappa shape index (κ1) is 4.80. The summed E-state index contributed by atoms with van der Waals surface area (Å²) in [5, 5.41) is 3.58. The van der Waals surface area contributed by atoms with Crippen LogP contribution in [-0.4, -0.2) is 12.1 Å². The van der Waals surface area contributed by atoms with Gasteiger partial charge in [-0.3, -0.25) is 0 Å². The largest absolute Gasteiger partial charge is 0.311 e. The SMILES string of the molecule is C[C@H]1C[C@@H]2CC[C@H]1N2. The van der Waals surface area contributed by atoms with Crippen LogP contribution in [-0.2, 0) is 0 Å².